The van der Waals surface area contributed by atoms with Crippen LogP contribution in [0.4, 0.5) is 11.4 Å². The van der Waals surface area contributed by atoms with Crippen molar-refractivity contribution in [3.63, 3.8) is 0 Å². The molecule has 1 aliphatic heterocycles. The van der Waals surface area contributed by atoms with Crippen LogP contribution in [0.15, 0.2) is 47.4 Å². The van der Waals surface area contributed by atoms with Crippen molar-refractivity contribution in [3.8, 4) is 0 Å². The zero-order valence-electron chi connectivity index (χ0n) is 15.6. The van der Waals surface area contributed by atoms with E-state index in [4.69, 9.17) is 0 Å². The summed E-state index contributed by atoms with van der Waals surface area (Å²) in [5.74, 6) is 0. The number of benzene rings is 2. The van der Waals surface area contributed by atoms with Crippen LogP contribution in [0.25, 0.3) is 0 Å². The zero-order chi connectivity index (χ0) is 19.7. The maximum Gasteiger partial charge on any atom is 0.292 e. The molecule has 0 N–H and O–H groups in total. The summed E-state index contributed by atoms with van der Waals surface area (Å²) < 4.78 is 27.7. The van der Waals surface area contributed by atoms with Gasteiger partial charge in [-0.1, -0.05) is 18.2 Å². The molecule has 8 heteroatoms. The van der Waals surface area contributed by atoms with Crippen LogP contribution < -0.4 is 4.90 Å². The molecule has 7 nitrogen and oxygen atoms in total. The highest BCUT2D eigenvalue weighted by Gasteiger charge is 2.31. The highest BCUT2D eigenvalue weighted by molar-refractivity contribution is 7.89. The zero-order valence-corrected chi connectivity index (χ0v) is 16.4. The molecular formula is C20H23N3O4S. The lowest BCUT2D eigenvalue weighted by Gasteiger charge is -2.35. The molecule has 2 aliphatic rings. The first-order valence-corrected chi connectivity index (χ1v) is 11.0. The average Bonchev–Trinajstić information content (AvgIpc) is 2.73. The van der Waals surface area contributed by atoms with E-state index in [1.807, 2.05) is 17.0 Å². The van der Waals surface area contributed by atoms with Crippen LogP contribution >= 0.6 is 0 Å². The monoisotopic (exact) mass is 401 g/mol. The Labute approximate surface area is 164 Å². The smallest absolute Gasteiger partial charge is 0.292 e. The molecule has 0 spiro atoms. The number of aryl methyl sites for hydroxylation is 2. The summed E-state index contributed by atoms with van der Waals surface area (Å²) in [6.07, 6.45) is 4.21. The summed E-state index contributed by atoms with van der Waals surface area (Å²) in [5, 5.41) is 11.3. The summed E-state index contributed by atoms with van der Waals surface area (Å²) in [6.45, 7) is 1.47. The maximum atomic E-state index is 13.1. The second-order valence-corrected chi connectivity index (χ2v) is 9.21. The van der Waals surface area contributed by atoms with Gasteiger partial charge in [0, 0.05) is 32.2 Å². The van der Waals surface area contributed by atoms with Crippen molar-refractivity contribution >= 4 is 21.4 Å². The highest BCUT2D eigenvalue weighted by atomic mass is 32.2. The van der Waals surface area contributed by atoms with Gasteiger partial charge in [0.25, 0.3) is 5.69 Å². The number of nitrogens with zero attached hydrogens (tertiary/aromatic N) is 3. The normalized spacial score (nSPS) is 17.9. The highest BCUT2D eigenvalue weighted by Crippen LogP contribution is 2.30. The molecule has 1 saturated heterocycles. The molecular weight excluding hydrogens is 378 g/mol. The van der Waals surface area contributed by atoms with Gasteiger partial charge in [0.15, 0.2) is 0 Å². The van der Waals surface area contributed by atoms with Crippen molar-refractivity contribution in [2.75, 3.05) is 31.1 Å². The fourth-order valence-electron chi connectivity index (χ4n) is 4.07. The van der Waals surface area contributed by atoms with Crippen LogP contribution in [0.3, 0.4) is 0 Å². The number of sulfonamides is 1. The number of hydrogen-bond donors (Lipinski definition) is 0. The SMILES string of the molecule is O=[N+]([O-])c1ccccc1N1CCN(S(=O)(=O)c2ccc3c(c2)CCCC3)CC1. The second kappa shape index (κ2) is 7.52. The van der Waals surface area contributed by atoms with Crippen molar-refractivity contribution in [1.82, 2.24) is 4.31 Å². The Bertz CT molecular complexity index is 998. The summed E-state index contributed by atoms with van der Waals surface area (Å²) >= 11 is 0. The predicted molar refractivity (Wildman–Crippen MR) is 107 cm³/mol. The molecule has 0 bridgehead atoms. The Kier molecular flexibility index (Phi) is 5.07. The van der Waals surface area contributed by atoms with Gasteiger partial charge in [0.2, 0.25) is 10.0 Å². The fourth-order valence-corrected chi connectivity index (χ4v) is 5.55. The number of hydrogen-bond acceptors (Lipinski definition) is 5. The van der Waals surface area contributed by atoms with Crippen molar-refractivity contribution in [1.29, 1.82) is 0 Å². The van der Waals surface area contributed by atoms with E-state index >= 15 is 0 Å². The van der Waals surface area contributed by atoms with E-state index in [1.165, 1.54) is 15.9 Å². The maximum absolute atomic E-state index is 13.1. The summed E-state index contributed by atoms with van der Waals surface area (Å²) in [6, 6.07) is 12.1. The van der Waals surface area contributed by atoms with Gasteiger partial charge < -0.3 is 4.90 Å². The average molecular weight is 401 g/mol. The third-order valence-electron chi connectivity index (χ3n) is 5.62. The Hall–Kier alpha value is -2.45. The van der Waals surface area contributed by atoms with Gasteiger partial charge in [-0.15, -0.1) is 0 Å². The lowest BCUT2D eigenvalue weighted by molar-refractivity contribution is -0.384. The topological polar surface area (TPSA) is 83.8 Å². The molecule has 4 rings (SSSR count). The molecule has 1 fully saturated rings. The lowest BCUT2D eigenvalue weighted by atomic mass is 9.92. The van der Waals surface area contributed by atoms with Crippen LogP contribution in [0.5, 0.6) is 0 Å². The van der Waals surface area contributed by atoms with Gasteiger partial charge in [0.1, 0.15) is 5.69 Å². The minimum absolute atomic E-state index is 0.0495. The number of nitro groups is 1. The summed E-state index contributed by atoms with van der Waals surface area (Å²) in [5.41, 5.74) is 2.99. The lowest BCUT2D eigenvalue weighted by Crippen LogP contribution is -2.48. The largest absolute Gasteiger partial charge is 0.363 e. The van der Waals surface area contributed by atoms with E-state index in [9.17, 15) is 18.5 Å². The van der Waals surface area contributed by atoms with Crippen LogP contribution in [0, 0.1) is 10.1 Å². The van der Waals surface area contributed by atoms with E-state index in [-0.39, 0.29) is 5.69 Å². The standard InChI is InChI=1S/C20H23N3O4S/c24-23(25)20-8-4-3-7-19(20)21-11-13-22(14-12-21)28(26,27)18-10-9-16-5-1-2-6-17(16)15-18/h3-4,7-10,15H,1-2,5-6,11-14H2. The molecule has 0 amide bonds. The van der Waals surface area contributed by atoms with E-state index in [0.717, 1.165) is 31.2 Å². The number of anilines is 1. The van der Waals surface area contributed by atoms with E-state index in [2.05, 4.69) is 0 Å². The molecule has 1 aliphatic carbocycles. The first-order chi connectivity index (χ1) is 13.5. The van der Waals surface area contributed by atoms with Gasteiger partial charge in [-0.2, -0.15) is 4.31 Å². The molecule has 0 aromatic heterocycles. The molecule has 0 atom stereocenters. The Morgan fingerprint density at radius 2 is 1.57 bits per heavy atom. The van der Waals surface area contributed by atoms with Crippen molar-refractivity contribution < 1.29 is 13.3 Å². The van der Waals surface area contributed by atoms with Crippen molar-refractivity contribution in [2.45, 2.75) is 30.6 Å². The number of piperazine rings is 1. The molecule has 0 radical (unpaired) electrons. The van der Waals surface area contributed by atoms with Crippen LogP contribution in [0.1, 0.15) is 24.0 Å². The molecule has 1 heterocycles. The van der Waals surface area contributed by atoms with Gasteiger partial charge >= 0.3 is 0 Å². The number of fused-ring (bicyclic) bond motifs is 1. The molecule has 2 aromatic carbocycles. The molecule has 2 aromatic rings. The first kappa shape index (κ1) is 18.9. The van der Waals surface area contributed by atoms with E-state index < -0.39 is 14.9 Å². The Morgan fingerprint density at radius 1 is 0.893 bits per heavy atom. The van der Waals surface area contributed by atoms with Gasteiger partial charge in [0.05, 0.1) is 9.82 Å². The van der Waals surface area contributed by atoms with Crippen molar-refractivity contribution in [2.24, 2.45) is 0 Å². The number of para-hydroxylation sites is 2. The van der Waals surface area contributed by atoms with Gasteiger partial charge in [-0.25, -0.2) is 8.42 Å². The minimum Gasteiger partial charge on any atom is -0.363 e. The summed E-state index contributed by atoms with van der Waals surface area (Å²) in [7, 11) is -3.55. The predicted octanol–water partition coefficient (Wildman–Crippen LogP) is 2.98. The molecule has 0 unspecified atom stereocenters. The number of rotatable bonds is 4. The Balaban J connectivity index is 1.51. The summed E-state index contributed by atoms with van der Waals surface area (Å²) in [4.78, 5) is 13.1. The third kappa shape index (κ3) is 3.49. The fraction of sp³-hybridized carbons (Fsp3) is 0.400. The second-order valence-electron chi connectivity index (χ2n) is 7.27. The Morgan fingerprint density at radius 3 is 2.29 bits per heavy atom. The van der Waals surface area contributed by atoms with E-state index in [1.54, 1.807) is 24.3 Å². The minimum atomic E-state index is -3.55. The van der Waals surface area contributed by atoms with Gasteiger partial charge in [-0.3, -0.25) is 10.1 Å². The molecule has 0 saturated carbocycles. The third-order valence-corrected chi connectivity index (χ3v) is 7.51. The first-order valence-electron chi connectivity index (χ1n) is 9.57. The number of nitro benzene ring substituents is 1. The molecule has 28 heavy (non-hydrogen) atoms. The van der Waals surface area contributed by atoms with Crippen molar-refractivity contribution in [3.05, 3.63) is 63.7 Å². The van der Waals surface area contributed by atoms with Crippen LogP contribution in [-0.2, 0) is 22.9 Å². The van der Waals surface area contributed by atoms with Crippen LogP contribution in [-0.4, -0.2) is 43.8 Å². The van der Waals surface area contributed by atoms with E-state index in [0.29, 0.717) is 36.8 Å². The van der Waals surface area contributed by atoms with Gasteiger partial charge in [-0.05, 0) is 55.0 Å². The molecule has 148 valence electrons. The quantitative estimate of drug-likeness (QED) is 0.581. The van der Waals surface area contributed by atoms with Crippen LogP contribution in [0.2, 0.25) is 0 Å².